The molecule has 0 aromatic heterocycles. The zero-order valence-electron chi connectivity index (χ0n) is 8.59. The standard InChI is InChI=1S/C10H13N.C2H6/c1-2-5-9(6-3-1)10-7-4-8-11-10;1-2/h1-3,5-6,10-11H,4,7-8H2;1-2H3. The molecular formula is C12H19N. The van der Waals surface area contributed by atoms with Crippen molar-refractivity contribution in [3.8, 4) is 0 Å². The van der Waals surface area contributed by atoms with Gasteiger partial charge in [0.25, 0.3) is 0 Å². The van der Waals surface area contributed by atoms with Crippen LogP contribution >= 0.6 is 0 Å². The average molecular weight is 177 g/mol. The Kier molecular flexibility index (Phi) is 4.55. The Morgan fingerprint density at radius 2 is 1.85 bits per heavy atom. The monoisotopic (exact) mass is 177 g/mol. The van der Waals surface area contributed by atoms with Crippen molar-refractivity contribution in [3.05, 3.63) is 35.9 Å². The largest absolute Gasteiger partial charge is 0.310 e. The van der Waals surface area contributed by atoms with Gasteiger partial charge in [-0.2, -0.15) is 0 Å². The van der Waals surface area contributed by atoms with E-state index in [1.807, 2.05) is 13.8 Å². The van der Waals surface area contributed by atoms with Gasteiger partial charge in [0.15, 0.2) is 0 Å². The summed E-state index contributed by atoms with van der Waals surface area (Å²) in [5.41, 5.74) is 1.44. The van der Waals surface area contributed by atoms with Gasteiger partial charge in [-0.25, -0.2) is 0 Å². The number of benzene rings is 1. The lowest BCUT2D eigenvalue weighted by molar-refractivity contribution is 0.648. The summed E-state index contributed by atoms with van der Waals surface area (Å²) in [5.74, 6) is 0. The van der Waals surface area contributed by atoms with Crippen LogP contribution in [0.3, 0.4) is 0 Å². The predicted molar refractivity (Wildman–Crippen MR) is 57.8 cm³/mol. The molecule has 13 heavy (non-hydrogen) atoms. The third kappa shape index (κ3) is 2.85. The van der Waals surface area contributed by atoms with Crippen LogP contribution in [0.15, 0.2) is 30.3 Å². The van der Waals surface area contributed by atoms with Crippen LogP contribution in [0.2, 0.25) is 0 Å². The first-order chi connectivity index (χ1) is 6.47. The van der Waals surface area contributed by atoms with Crippen molar-refractivity contribution in [1.82, 2.24) is 5.32 Å². The van der Waals surface area contributed by atoms with Crippen LogP contribution in [0, 0.1) is 0 Å². The second-order valence-corrected chi connectivity index (χ2v) is 3.06. The summed E-state index contributed by atoms with van der Waals surface area (Å²) in [7, 11) is 0. The summed E-state index contributed by atoms with van der Waals surface area (Å²) in [4.78, 5) is 0. The molecule has 1 aliphatic heterocycles. The van der Waals surface area contributed by atoms with Gasteiger partial charge < -0.3 is 5.32 Å². The van der Waals surface area contributed by atoms with Crippen LogP contribution < -0.4 is 5.32 Å². The van der Waals surface area contributed by atoms with Gasteiger partial charge in [0.05, 0.1) is 0 Å². The quantitative estimate of drug-likeness (QED) is 0.695. The topological polar surface area (TPSA) is 12.0 Å². The molecule has 1 fully saturated rings. The fourth-order valence-corrected chi connectivity index (χ4v) is 1.65. The second-order valence-electron chi connectivity index (χ2n) is 3.06. The molecule has 1 atom stereocenters. The molecule has 0 spiro atoms. The van der Waals surface area contributed by atoms with E-state index in [2.05, 4.69) is 35.6 Å². The fraction of sp³-hybridized carbons (Fsp3) is 0.500. The molecule has 72 valence electrons. The molecule has 0 radical (unpaired) electrons. The molecule has 1 heteroatoms. The highest BCUT2D eigenvalue weighted by atomic mass is 14.9. The van der Waals surface area contributed by atoms with Gasteiger partial charge in [-0.15, -0.1) is 0 Å². The Bertz CT molecular complexity index is 212. The van der Waals surface area contributed by atoms with Crippen molar-refractivity contribution >= 4 is 0 Å². The van der Waals surface area contributed by atoms with Gasteiger partial charge in [0.2, 0.25) is 0 Å². The molecule has 1 N–H and O–H groups in total. The highest BCUT2D eigenvalue weighted by Crippen LogP contribution is 2.21. The number of rotatable bonds is 1. The Labute approximate surface area is 81.2 Å². The third-order valence-electron chi connectivity index (χ3n) is 2.26. The average Bonchev–Trinajstić information content (AvgIpc) is 2.75. The fourth-order valence-electron chi connectivity index (χ4n) is 1.65. The van der Waals surface area contributed by atoms with Crippen LogP contribution in [0.25, 0.3) is 0 Å². The van der Waals surface area contributed by atoms with E-state index in [-0.39, 0.29) is 0 Å². The predicted octanol–water partition coefficient (Wildman–Crippen LogP) is 3.14. The number of hydrogen-bond donors (Lipinski definition) is 1. The number of hydrogen-bond acceptors (Lipinski definition) is 1. The summed E-state index contributed by atoms with van der Waals surface area (Å²) in [6.45, 7) is 5.18. The maximum atomic E-state index is 3.47. The molecule has 1 aliphatic rings. The van der Waals surface area contributed by atoms with E-state index in [1.165, 1.54) is 24.9 Å². The van der Waals surface area contributed by atoms with E-state index < -0.39 is 0 Å². The molecule has 0 aliphatic carbocycles. The highest BCUT2D eigenvalue weighted by Gasteiger charge is 2.14. The molecule has 2 rings (SSSR count). The summed E-state index contributed by atoms with van der Waals surface area (Å²) < 4.78 is 0. The third-order valence-corrected chi connectivity index (χ3v) is 2.26. The summed E-state index contributed by atoms with van der Waals surface area (Å²) in [5, 5.41) is 3.47. The van der Waals surface area contributed by atoms with Crippen LogP contribution in [-0.4, -0.2) is 6.54 Å². The summed E-state index contributed by atoms with van der Waals surface area (Å²) in [6.07, 6.45) is 2.61. The molecule has 1 heterocycles. The Morgan fingerprint density at radius 1 is 1.15 bits per heavy atom. The lowest BCUT2D eigenvalue weighted by Crippen LogP contribution is -2.12. The lowest BCUT2D eigenvalue weighted by atomic mass is 10.1. The minimum atomic E-state index is 0.621. The molecule has 0 bridgehead atoms. The molecule has 1 nitrogen and oxygen atoms in total. The maximum absolute atomic E-state index is 3.47. The normalized spacial score (nSPS) is 20.6. The van der Waals surface area contributed by atoms with Crippen molar-refractivity contribution < 1.29 is 0 Å². The Morgan fingerprint density at radius 3 is 2.38 bits per heavy atom. The zero-order chi connectivity index (χ0) is 9.52. The Hall–Kier alpha value is -0.820. The molecular weight excluding hydrogens is 158 g/mol. The van der Waals surface area contributed by atoms with E-state index in [9.17, 15) is 0 Å². The minimum Gasteiger partial charge on any atom is -0.310 e. The molecule has 0 saturated carbocycles. The van der Waals surface area contributed by atoms with Crippen molar-refractivity contribution in [2.24, 2.45) is 0 Å². The summed E-state index contributed by atoms with van der Waals surface area (Å²) in [6, 6.07) is 11.3. The number of nitrogens with one attached hydrogen (secondary N) is 1. The maximum Gasteiger partial charge on any atom is 0.0320 e. The SMILES string of the molecule is CC.c1ccc(C2CCCN2)cc1. The van der Waals surface area contributed by atoms with E-state index in [1.54, 1.807) is 0 Å². The van der Waals surface area contributed by atoms with E-state index in [0.717, 1.165) is 0 Å². The van der Waals surface area contributed by atoms with Gasteiger partial charge in [0.1, 0.15) is 0 Å². The van der Waals surface area contributed by atoms with Gasteiger partial charge in [-0.3, -0.25) is 0 Å². The molecule has 0 amide bonds. The highest BCUT2D eigenvalue weighted by molar-refractivity contribution is 5.19. The molecule has 1 saturated heterocycles. The first-order valence-electron chi connectivity index (χ1n) is 5.25. The first kappa shape index (κ1) is 10.3. The van der Waals surface area contributed by atoms with Crippen LogP contribution in [0.5, 0.6) is 0 Å². The van der Waals surface area contributed by atoms with Crippen LogP contribution in [-0.2, 0) is 0 Å². The van der Waals surface area contributed by atoms with Gasteiger partial charge in [-0.05, 0) is 24.9 Å². The smallest absolute Gasteiger partial charge is 0.0320 e. The van der Waals surface area contributed by atoms with Gasteiger partial charge >= 0.3 is 0 Å². The van der Waals surface area contributed by atoms with E-state index in [0.29, 0.717) is 6.04 Å². The van der Waals surface area contributed by atoms with Gasteiger partial charge in [0, 0.05) is 6.04 Å². The summed E-state index contributed by atoms with van der Waals surface area (Å²) >= 11 is 0. The van der Waals surface area contributed by atoms with Crippen molar-refractivity contribution in [2.45, 2.75) is 32.7 Å². The van der Waals surface area contributed by atoms with Crippen LogP contribution in [0.4, 0.5) is 0 Å². The molecule has 1 aromatic rings. The lowest BCUT2D eigenvalue weighted by Gasteiger charge is -2.08. The molecule has 1 unspecified atom stereocenters. The zero-order valence-corrected chi connectivity index (χ0v) is 8.59. The van der Waals surface area contributed by atoms with Crippen molar-refractivity contribution in [3.63, 3.8) is 0 Å². The van der Waals surface area contributed by atoms with Gasteiger partial charge in [-0.1, -0.05) is 44.2 Å². The van der Waals surface area contributed by atoms with Crippen molar-refractivity contribution in [2.75, 3.05) is 6.54 Å². The minimum absolute atomic E-state index is 0.621. The van der Waals surface area contributed by atoms with Crippen LogP contribution in [0.1, 0.15) is 38.3 Å². The van der Waals surface area contributed by atoms with Crippen molar-refractivity contribution in [1.29, 1.82) is 0 Å². The van der Waals surface area contributed by atoms with E-state index >= 15 is 0 Å². The molecule has 1 aromatic carbocycles. The first-order valence-corrected chi connectivity index (χ1v) is 5.25. The Balaban J connectivity index is 0.000000396. The van der Waals surface area contributed by atoms with E-state index in [4.69, 9.17) is 0 Å². The second kappa shape index (κ2) is 5.76.